The van der Waals surface area contributed by atoms with Crippen LogP contribution in [0.4, 0.5) is 4.79 Å². The van der Waals surface area contributed by atoms with Crippen LogP contribution in [0.3, 0.4) is 0 Å². The highest BCUT2D eigenvalue weighted by molar-refractivity contribution is 5.84. The van der Waals surface area contributed by atoms with E-state index in [1.54, 1.807) is 0 Å². The van der Waals surface area contributed by atoms with E-state index < -0.39 is 38.1 Å². The third-order valence-corrected chi connectivity index (χ3v) is 3.07. The molecule has 0 unspecified atom stereocenters. The van der Waals surface area contributed by atoms with Crippen molar-refractivity contribution in [2.75, 3.05) is 27.2 Å². The Morgan fingerprint density at radius 1 is 1.67 bits per heavy atom. The van der Waals surface area contributed by atoms with E-state index in [0.29, 0.717) is 10.3 Å². The Labute approximate surface area is 138 Å². The number of amides is 1. The largest absolute Gasteiger partial charge is 0.447 e. The number of aromatic amines is 1. The monoisotopic (exact) mass is 297 g/mol. The van der Waals surface area contributed by atoms with Gasteiger partial charge in [0.25, 0.3) is 0 Å². The molecule has 2 heterocycles. The molecule has 3 rings (SSSR count). The summed E-state index contributed by atoms with van der Waals surface area (Å²) in [6.45, 7) is -3.23. The van der Waals surface area contributed by atoms with Crippen molar-refractivity contribution in [1.29, 1.82) is 0 Å². The molecule has 1 amide bonds. The van der Waals surface area contributed by atoms with Crippen molar-refractivity contribution in [3.63, 3.8) is 0 Å². The number of H-pyrrole nitrogens is 1. The smallest absolute Gasteiger partial charge is 0.407 e. The van der Waals surface area contributed by atoms with Crippen LogP contribution in [-0.2, 0) is 17.5 Å². The SMILES string of the molecule is [2H]c1c(C[C@H]2COC(=O)N2[2H])c([2H])c2c(C([2H])([2H])CN(C)C([2H])([2H])[2H])cn([2H])c2c1[2H]. The summed E-state index contributed by atoms with van der Waals surface area (Å²) in [6, 6.07) is -1.84. The maximum atomic E-state index is 11.5. The van der Waals surface area contributed by atoms with E-state index in [1.807, 2.05) is 0 Å². The summed E-state index contributed by atoms with van der Waals surface area (Å²) in [7, 11) is 1.23. The fourth-order valence-electron chi connectivity index (χ4n) is 2.09. The number of ether oxygens (including phenoxy) is 1. The number of carbonyl (C=O) groups excluding carboxylic acids is 1. The molecule has 5 heteroatoms. The molecule has 1 saturated heterocycles. The lowest BCUT2D eigenvalue weighted by molar-refractivity contribution is 0.177. The van der Waals surface area contributed by atoms with Crippen molar-refractivity contribution in [2.45, 2.75) is 18.8 Å². The zero-order valence-corrected chi connectivity index (χ0v) is 11.4. The molecule has 21 heavy (non-hydrogen) atoms. The van der Waals surface area contributed by atoms with E-state index in [0.717, 1.165) is 11.1 Å². The number of benzene rings is 1. The molecular formula is C16H21N3O2. The minimum Gasteiger partial charge on any atom is -0.447 e. The van der Waals surface area contributed by atoms with Gasteiger partial charge in [0.15, 0.2) is 2.82 Å². The third-order valence-electron chi connectivity index (χ3n) is 3.07. The number of fused-ring (bicyclic) bond motifs is 1. The summed E-state index contributed by atoms with van der Waals surface area (Å²) < 4.78 is 85.0. The van der Waals surface area contributed by atoms with Gasteiger partial charge < -0.3 is 19.9 Å². The Kier molecular flexibility index (Phi) is 1.76. The molecule has 0 radical (unpaired) electrons. The van der Waals surface area contributed by atoms with Crippen LogP contribution in [0.15, 0.2) is 24.3 Å². The van der Waals surface area contributed by atoms with Crippen molar-refractivity contribution in [1.82, 2.24) is 15.2 Å². The Bertz CT molecular complexity index is 1040. The first-order valence-corrected chi connectivity index (χ1v) is 6.46. The maximum absolute atomic E-state index is 11.5. The van der Waals surface area contributed by atoms with Gasteiger partial charge >= 0.3 is 6.09 Å². The van der Waals surface area contributed by atoms with E-state index in [4.69, 9.17) is 18.5 Å². The number of cyclic esters (lactones) is 1. The number of likely N-dealkylation sites (N-methyl/N-ethyl adjacent to an activating group) is 1. The highest BCUT2D eigenvalue weighted by atomic mass is 16.6. The molecule has 2 aromatic rings. The normalized spacial score (nSPS) is 26.9. The van der Waals surface area contributed by atoms with Gasteiger partial charge in [-0.1, -0.05) is 6.04 Å². The zero-order chi connectivity index (χ0) is 23.5. The van der Waals surface area contributed by atoms with Gasteiger partial charge in [-0.05, 0) is 50.0 Å². The lowest BCUT2D eigenvalue weighted by Crippen LogP contribution is -2.28. The average Bonchev–Trinajstić information content (AvgIpc) is 3.17. The number of hydrogen-bond donors (Lipinski definition) is 2. The predicted molar refractivity (Wildman–Crippen MR) is 82.5 cm³/mol. The summed E-state index contributed by atoms with van der Waals surface area (Å²) >= 11 is 0. The third kappa shape index (κ3) is 3.19. The zero-order valence-electron chi connectivity index (χ0n) is 21.4. The number of alkyl carbamates (subject to hydrolysis) is 1. The highest BCUT2D eigenvalue weighted by Gasteiger charge is 2.22. The lowest BCUT2D eigenvalue weighted by atomic mass is 10.0. The second-order valence-corrected chi connectivity index (χ2v) is 4.85. The van der Waals surface area contributed by atoms with Crippen molar-refractivity contribution >= 4 is 17.0 Å². The molecule has 112 valence electrons. The maximum Gasteiger partial charge on any atom is 0.407 e. The fraction of sp³-hybridized carbons (Fsp3) is 0.438. The number of rotatable bonds is 5. The molecule has 5 nitrogen and oxygen atoms in total. The van der Waals surface area contributed by atoms with Crippen molar-refractivity contribution < 1.29 is 23.3 Å². The fourth-order valence-corrected chi connectivity index (χ4v) is 2.09. The predicted octanol–water partition coefficient (Wildman–Crippen LogP) is 1.92. The van der Waals surface area contributed by atoms with Crippen LogP contribution < -0.4 is 5.31 Å². The first-order valence-electron chi connectivity index (χ1n) is 11.4. The summed E-state index contributed by atoms with van der Waals surface area (Å²) in [5.41, 5.74) is -0.268. The van der Waals surface area contributed by atoms with Crippen molar-refractivity contribution in [2.24, 2.45) is 0 Å². The number of nitrogens with one attached hydrogen (secondary N) is 2. The first kappa shape index (κ1) is 6.40. The van der Waals surface area contributed by atoms with Crippen molar-refractivity contribution in [3.8, 4) is 0 Å². The summed E-state index contributed by atoms with van der Waals surface area (Å²) in [5, 5.41) is 0.519. The van der Waals surface area contributed by atoms with E-state index in [1.165, 1.54) is 7.05 Å². The van der Waals surface area contributed by atoms with E-state index in [2.05, 4.69) is 0 Å². The molecule has 0 aliphatic carbocycles. The minimum absolute atomic E-state index is 0.0190. The van der Waals surface area contributed by atoms with Crippen molar-refractivity contribution in [3.05, 3.63) is 35.5 Å². The Hall–Kier alpha value is -2.01. The Morgan fingerprint density at radius 2 is 2.57 bits per heavy atom. The Morgan fingerprint density at radius 3 is 3.33 bits per heavy atom. The molecule has 0 spiro atoms. The van der Waals surface area contributed by atoms with Crippen LogP contribution in [0.5, 0.6) is 0 Å². The van der Waals surface area contributed by atoms with Crippen LogP contribution in [-0.4, -0.2) is 49.2 Å². The molecule has 2 N–H and O–H groups in total. The van der Waals surface area contributed by atoms with Gasteiger partial charge in [0.05, 0.1) is 10.2 Å². The molecule has 1 aliphatic heterocycles. The number of nitrogens with zero attached hydrogens (tertiary/aromatic N) is 1. The van der Waals surface area contributed by atoms with Crippen LogP contribution in [0.1, 0.15) is 22.1 Å². The average molecular weight is 297 g/mol. The van der Waals surface area contributed by atoms with Crippen LogP contribution in [0, 0.1) is 0 Å². The van der Waals surface area contributed by atoms with Gasteiger partial charge in [-0.2, -0.15) is 0 Å². The number of carbonyl (C=O) groups is 1. The van der Waals surface area contributed by atoms with Crippen LogP contribution in [0.2, 0.25) is 2.82 Å². The molecule has 1 fully saturated rings. The molecule has 1 aromatic carbocycles. The summed E-state index contributed by atoms with van der Waals surface area (Å²) in [6.07, 6.45) is -2.20. The van der Waals surface area contributed by atoms with E-state index in [-0.39, 0.29) is 47.1 Å². The lowest BCUT2D eigenvalue weighted by Gasteiger charge is -2.09. The molecule has 1 atom stereocenters. The summed E-state index contributed by atoms with van der Waals surface area (Å²) in [5.74, 6) is 0. The quantitative estimate of drug-likeness (QED) is 0.886. The Balaban J connectivity index is 2.15. The van der Waals surface area contributed by atoms with E-state index >= 15 is 0 Å². The molecule has 1 aromatic heterocycles. The summed E-state index contributed by atoms with van der Waals surface area (Å²) in [4.78, 5) is 13.0. The second kappa shape index (κ2) is 5.77. The first-order chi connectivity index (χ1) is 14.2. The molecule has 1 aliphatic rings. The van der Waals surface area contributed by atoms with Gasteiger partial charge in [0, 0.05) is 30.5 Å². The molecule has 0 saturated carbocycles. The van der Waals surface area contributed by atoms with Gasteiger partial charge in [0.1, 0.15) is 6.61 Å². The topological polar surface area (TPSA) is 57.4 Å². The molecule has 0 bridgehead atoms. The number of hydrogen-bond acceptors (Lipinski definition) is 3. The van der Waals surface area contributed by atoms with Gasteiger partial charge in [-0.15, -0.1) is 0 Å². The van der Waals surface area contributed by atoms with E-state index in [9.17, 15) is 4.79 Å². The highest BCUT2D eigenvalue weighted by Crippen LogP contribution is 2.21. The second-order valence-electron chi connectivity index (χ2n) is 4.85. The minimum atomic E-state index is -2.55. The van der Waals surface area contributed by atoms with Gasteiger partial charge in [-0.25, -0.2) is 4.79 Å². The molecular weight excluding hydrogens is 266 g/mol. The van der Waals surface area contributed by atoms with Gasteiger partial charge in [0.2, 0.25) is 0 Å². The van der Waals surface area contributed by atoms with Crippen LogP contribution in [0.25, 0.3) is 10.9 Å². The standard InChI is InChI=1S/C16H21N3O2/c1-19(2)6-5-12-9-17-15-4-3-11(8-14(12)15)7-13-10-21-16(20)18-13/h3-4,8-9,13,17H,5-7,10H2,1-2H3,(H,18,20)/t13-/m0/s1/i1D3,3D,4D,5D2,8D/hD2. The van der Waals surface area contributed by atoms with Gasteiger partial charge in [-0.3, -0.25) is 0 Å². The van der Waals surface area contributed by atoms with Crippen LogP contribution >= 0.6 is 0 Å². The number of aromatic nitrogens is 1.